The number of hydrazone groups is 1. The molecule has 0 saturated carbocycles. The number of amides is 2. The van der Waals surface area contributed by atoms with E-state index in [-0.39, 0.29) is 11.8 Å². The molecule has 3 N–H and O–H groups in total. The average Bonchev–Trinajstić information content (AvgIpc) is 3.17. The van der Waals surface area contributed by atoms with Crippen molar-refractivity contribution in [2.24, 2.45) is 5.10 Å². The van der Waals surface area contributed by atoms with Gasteiger partial charge in [-0.3, -0.25) is 9.59 Å². The molecule has 148 valence electrons. The normalized spacial score (nSPS) is 11.0. The monoisotopic (exact) mass is 396 g/mol. The first-order valence-corrected chi connectivity index (χ1v) is 9.48. The van der Waals surface area contributed by atoms with Gasteiger partial charge in [-0.2, -0.15) is 5.10 Å². The number of anilines is 1. The van der Waals surface area contributed by atoms with Crippen molar-refractivity contribution in [1.82, 2.24) is 10.4 Å². The zero-order valence-electron chi connectivity index (χ0n) is 16.3. The summed E-state index contributed by atoms with van der Waals surface area (Å²) in [6.45, 7) is 1.93. The molecule has 1 heterocycles. The minimum atomic E-state index is -0.363. The van der Waals surface area contributed by atoms with Crippen LogP contribution in [0.4, 0.5) is 5.69 Å². The fourth-order valence-corrected chi connectivity index (χ4v) is 3.15. The summed E-state index contributed by atoms with van der Waals surface area (Å²) in [5.41, 5.74) is 6.91. The van der Waals surface area contributed by atoms with E-state index in [0.717, 1.165) is 22.0 Å². The lowest BCUT2D eigenvalue weighted by atomic mass is 10.1. The number of nitrogens with one attached hydrogen (secondary N) is 3. The molecule has 1 aromatic heterocycles. The van der Waals surface area contributed by atoms with Gasteiger partial charge in [-0.05, 0) is 43.3 Å². The van der Waals surface area contributed by atoms with E-state index in [9.17, 15) is 9.59 Å². The SMILES string of the molecule is Cc1cccc(C(=O)Nc2cccc(C(=O)N/N=C/c3c[nH]c4ccccc34)c2)c1. The Bertz CT molecular complexity index is 1260. The molecular formula is C24H20N4O2. The predicted octanol–water partition coefficient (Wildman–Crippen LogP) is 4.49. The van der Waals surface area contributed by atoms with Gasteiger partial charge in [0, 0.05) is 39.5 Å². The van der Waals surface area contributed by atoms with Crippen LogP contribution >= 0.6 is 0 Å². The number of aryl methyl sites for hydroxylation is 1. The number of para-hydroxylation sites is 1. The van der Waals surface area contributed by atoms with Gasteiger partial charge in [0.2, 0.25) is 0 Å². The standard InChI is InChI=1S/C24H20N4O2/c1-16-6-4-7-17(12-16)23(29)27-20-9-5-8-18(13-20)24(30)28-26-15-19-14-25-22-11-3-2-10-21(19)22/h2-15,25H,1H3,(H,27,29)(H,28,30)/b26-15+. The third-order valence-corrected chi connectivity index (χ3v) is 4.65. The van der Waals surface area contributed by atoms with Gasteiger partial charge in [0.05, 0.1) is 6.21 Å². The number of nitrogens with zero attached hydrogens (tertiary/aromatic N) is 1. The number of hydrogen-bond donors (Lipinski definition) is 3. The summed E-state index contributed by atoms with van der Waals surface area (Å²) in [6, 6.07) is 21.9. The fraction of sp³-hybridized carbons (Fsp3) is 0.0417. The number of carbonyl (C=O) groups excluding carboxylic acids is 2. The van der Waals surface area contributed by atoms with E-state index in [1.54, 1.807) is 36.5 Å². The smallest absolute Gasteiger partial charge is 0.271 e. The summed E-state index contributed by atoms with van der Waals surface area (Å²) in [5.74, 6) is -0.591. The average molecular weight is 396 g/mol. The first-order valence-electron chi connectivity index (χ1n) is 9.48. The summed E-state index contributed by atoms with van der Waals surface area (Å²) in [7, 11) is 0. The highest BCUT2D eigenvalue weighted by atomic mass is 16.2. The molecule has 0 unspecified atom stereocenters. The van der Waals surface area contributed by atoms with Gasteiger partial charge in [-0.15, -0.1) is 0 Å². The maximum atomic E-state index is 12.4. The van der Waals surface area contributed by atoms with Crippen molar-refractivity contribution in [3.8, 4) is 0 Å². The lowest BCUT2D eigenvalue weighted by molar-refractivity contribution is 0.0953. The Labute approximate surface area is 173 Å². The van der Waals surface area contributed by atoms with Crippen molar-refractivity contribution < 1.29 is 9.59 Å². The second-order valence-corrected chi connectivity index (χ2v) is 6.89. The van der Waals surface area contributed by atoms with Gasteiger partial charge in [0.1, 0.15) is 0 Å². The zero-order valence-corrected chi connectivity index (χ0v) is 16.3. The van der Waals surface area contributed by atoms with Gasteiger partial charge in [0.25, 0.3) is 11.8 Å². The van der Waals surface area contributed by atoms with E-state index < -0.39 is 0 Å². The summed E-state index contributed by atoms with van der Waals surface area (Å²) >= 11 is 0. The van der Waals surface area contributed by atoms with Crippen molar-refractivity contribution in [1.29, 1.82) is 0 Å². The number of aromatic amines is 1. The fourth-order valence-electron chi connectivity index (χ4n) is 3.15. The van der Waals surface area contributed by atoms with E-state index in [1.807, 2.05) is 55.6 Å². The summed E-state index contributed by atoms with van der Waals surface area (Å²) in [6.07, 6.45) is 3.43. The first kappa shape index (κ1) is 19.1. The number of rotatable bonds is 5. The molecule has 0 fully saturated rings. The maximum Gasteiger partial charge on any atom is 0.271 e. The largest absolute Gasteiger partial charge is 0.361 e. The van der Waals surface area contributed by atoms with Crippen LogP contribution in [0.15, 0.2) is 84.1 Å². The Hall–Kier alpha value is -4.19. The van der Waals surface area contributed by atoms with Crippen LogP contribution in [0.2, 0.25) is 0 Å². The van der Waals surface area contributed by atoms with Crippen molar-refractivity contribution in [2.45, 2.75) is 6.92 Å². The molecule has 0 aliphatic rings. The van der Waals surface area contributed by atoms with Crippen LogP contribution in [-0.2, 0) is 0 Å². The highest BCUT2D eigenvalue weighted by molar-refractivity contribution is 6.05. The van der Waals surface area contributed by atoms with Crippen LogP contribution in [0, 0.1) is 6.92 Å². The Morgan fingerprint density at radius 2 is 1.67 bits per heavy atom. The van der Waals surface area contributed by atoms with Gasteiger partial charge >= 0.3 is 0 Å². The minimum absolute atomic E-state index is 0.228. The third-order valence-electron chi connectivity index (χ3n) is 4.65. The van der Waals surface area contributed by atoms with E-state index >= 15 is 0 Å². The van der Waals surface area contributed by atoms with Gasteiger partial charge in [-0.1, -0.05) is 42.0 Å². The molecule has 0 radical (unpaired) electrons. The Kier molecular flexibility index (Phi) is 5.39. The first-order chi connectivity index (χ1) is 14.6. The molecule has 0 spiro atoms. The second kappa shape index (κ2) is 8.45. The number of fused-ring (bicyclic) bond motifs is 1. The second-order valence-electron chi connectivity index (χ2n) is 6.89. The summed E-state index contributed by atoms with van der Waals surface area (Å²) in [4.78, 5) is 28.0. The van der Waals surface area contributed by atoms with Crippen LogP contribution in [0.5, 0.6) is 0 Å². The molecule has 0 bridgehead atoms. The molecule has 0 atom stereocenters. The number of aromatic nitrogens is 1. The Balaban J connectivity index is 1.43. The van der Waals surface area contributed by atoms with Crippen LogP contribution < -0.4 is 10.7 Å². The molecule has 0 saturated heterocycles. The minimum Gasteiger partial charge on any atom is -0.361 e. The number of benzene rings is 3. The van der Waals surface area contributed by atoms with E-state index in [2.05, 4.69) is 20.8 Å². The van der Waals surface area contributed by atoms with Crippen LogP contribution in [-0.4, -0.2) is 23.0 Å². The molecule has 2 amide bonds. The van der Waals surface area contributed by atoms with Gasteiger partial charge in [0.15, 0.2) is 0 Å². The highest BCUT2D eigenvalue weighted by Gasteiger charge is 2.09. The topological polar surface area (TPSA) is 86.3 Å². The van der Waals surface area contributed by atoms with Gasteiger partial charge < -0.3 is 10.3 Å². The van der Waals surface area contributed by atoms with Crippen molar-refractivity contribution in [2.75, 3.05) is 5.32 Å². The highest BCUT2D eigenvalue weighted by Crippen LogP contribution is 2.16. The lowest BCUT2D eigenvalue weighted by Crippen LogP contribution is -2.18. The zero-order chi connectivity index (χ0) is 20.9. The molecule has 0 aliphatic heterocycles. The molecule has 0 aliphatic carbocycles. The molecule has 4 rings (SSSR count). The van der Waals surface area contributed by atoms with E-state index in [0.29, 0.717) is 16.8 Å². The lowest BCUT2D eigenvalue weighted by Gasteiger charge is -2.07. The summed E-state index contributed by atoms with van der Waals surface area (Å²) < 4.78 is 0. The Morgan fingerprint density at radius 3 is 2.50 bits per heavy atom. The van der Waals surface area contributed by atoms with Gasteiger partial charge in [-0.25, -0.2) is 5.43 Å². The van der Waals surface area contributed by atoms with Crippen LogP contribution in [0.1, 0.15) is 31.8 Å². The van der Waals surface area contributed by atoms with Crippen molar-refractivity contribution in [3.63, 3.8) is 0 Å². The van der Waals surface area contributed by atoms with E-state index in [1.165, 1.54) is 0 Å². The van der Waals surface area contributed by atoms with E-state index in [4.69, 9.17) is 0 Å². The number of carbonyl (C=O) groups is 2. The molecule has 6 nitrogen and oxygen atoms in total. The van der Waals surface area contributed by atoms with Crippen molar-refractivity contribution in [3.05, 3.63) is 101 Å². The molecule has 3 aromatic carbocycles. The number of hydrogen-bond acceptors (Lipinski definition) is 3. The quantitative estimate of drug-likeness (QED) is 0.343. The third kappa shape index (κ3) is 4.28. The molecular weight excluding hydrogens is 376 g/mol. The summed E-state index contributed by atoms with van der Waals surface area (Å²) in [5, 5.41) is 7.90. The Morgan fingerprint density at radius 1 is 0.900 bits per heavy atom. The molecule has 30 heavy (non-hydrogen) atoms. The molecule has 6 heteroatoms. The maximum absolute atomic E-state index is 12.4. The number of H-pyrrole nitrogens is 1. The van der Waals surface area contributed by atoms with Crippen LogP contribution in [0.3, 0.4) is 0 Å². The van der Waals surface area contributed by atoms with Crippen LogP contribution in [0.25, 0.3) is 10.9 Å². The van der Waals surface area contributed by atoms with Crippen molar-refractivity contribution >= 4 is 34.6 Å². The molecule has 4 aromatic rings. The predicted molar refractivity (Wildman–Crippen MR) is 119 cm³/mol.